The number of amides is 1. The molecule has 0 saturated carbocycles. The fourth-order valence-electron chi connectivity index (χ4n) is 3.45. The van der Waals surface area contributed by atoms with Crippen molar-refractivity contribution in [2.75, 3.05) is 19.7 Å². The minimum Gasteiger partial charge on any atom is -0.591 e. The number of hydrogen-bond acceptors (Lipinski definition) is 5. The molecule has 190 valence electrons. The third-order valence-electron chi connectivity index (χ3n) is 5.13. The van der Waals surface area contributed by atoms with Gasteiger partial charge in [-0.05, 0) is 66.9 Å². The maximum Gasteiger partial charge on any atom is 0.410 e. The van der Waals surface area contributed by atoms with E-state index in [-0.39, 0.29) is 18.6 Å². The highest BCUT2D eigenvalue weighted by Gasteiger charge is 2.33. The van der Waals surface area contributed by atoms with Crippen molar-refractivity contribution < 1.29 is 18.8 Å². The second-order valence-electron chi connectivity index (χ2n) is 10.3. The topological polar surface area (TPSA) is 74.2 Å². The highest BCUT2D eigenvalue weighted by Crippen LogP contribution is 2.36. The van der Waals surface area contributed by atoms with Crippen LogP contribution in [0, 0.1) is 5.92 Å². The first-order valence-corrected chi connectivity index (χ1v) is 13.3. The Morgan fingerprint density at radius 2 is 1.85 bits per heavy atom. The fraction of sp³-hybridized carbons (Fsp3) is 0.600. The molecule has 1 aromatic rings. The van der Waals surface area contributed by atoms with Gasteiger partial charge in [0.2, 0.25) is 0 Å². The van der Waals surface area contributed by atoms with E-state index >= 15 is 0 Å². The lowest BCUT2D eigenvalue weighted by Gasteiger charge is -2.26. The Hall–Kier alpha value is -1.41. The zero-order valence-electron chi connectivity index (χ0n) is 21.0. The number of carbonyl (C=O) groups excluding carboxylic acids is 1. The van der Waals surface area contributed by atoms with E-state index in [1.165, 1.54) is 0 Å². The standard InChI is InChI=1S/C25H36Cl2N2O4S/c1-8-14-32-21-16-20(27)19(26)15-18(21)22(28-34(31)25(5,6)7)17-10-9-12-29(13-11-17)23(30)33-24(2,3)4/h8,15-17H,1,9-14H2,2-7H3. The normalized spacial score (nSPS) is 18.8. The average molecular weight is 532 g/mol. The minimum absolute atomic E-state index is 0.0536. The molecular formula is C25H36Cl2N2O4S. The number of benzene rings is 1. The summed E-state index contributed by atoms with van der Waals surface area (Å²) in [5.41, 5.74) is 0.748. The monoisotopic (exact) mass is 530 g/mol. The van der Waals surface area contributed by atoms with Gasteiger partial charge in [0.15, 0.2) is 0 Å². The molecule has 2 rings (SSSR count). The first kappa shape index (κ1) is 28.8. The van der Waals surface area contributed by atoms with Gasteiger partial charge in [-0.25, -0.2) is 4.79 Å². The average Bonchev–Trinajstić information content (AvgIpc) is 2.97. The molecule has 1 saturated heterocycles. The third-order valence-corrected chi connectivity index (χ3v) is 7.26. The van der Waals surface area contributed by atoms with Crippen LogP contribution in [0.4, 0.5) is 4.79 Å². The molecule has 1 amide bonds. The number of carbonyl (C=O) groups is 1. The molecule has 9 heteroatoms. The van der Waals surface area contributed by atoms with Crippen molar-refractivity contribution in [3.63, 3.8) is 0 Å². The van der Waals surface area contributed by atoms with E-state index in [1.54, 1.807) is 23.1 Å². The summed E-state index contributed by atoms with van der Waals surface area (Å²) >= 11 is 11.1. The largest absolute Gasteiger partial charge is 0.591 e. The maximum absolute atomic E-state index is 13.1. The van der Waals surface area contributed by atoms with Crippen molar-refractivity contribution >= 4 is 46.4 Å². The highest BCUT2D eigenvalue weighted by atomic mass is 35.5. The summed E-state index contributed by atoms with van der Waals surface area (Å²) in [7, 11) is 0. The summed E-state index contributed by atoms with van der Waals surface area (Å²) < 4.78 is 28.7. The third kappa shape index (κ3) is 8.36. The number of likely N-dealkylation sites (tertiary alicyclic amines) is 1. The van der Waals surface area contributed by atoms with Gasteiger partial charge in [-0.2, -0.15) is 0 Å². The van der Waals surface area contributed by atoms with Crippen molar-refractivity contribution in [3.8, 4) is 5.75 Å². The Labute approximate surface area is 217 Å². The Balaban J connectivity index is 2.45. The summed E-state index contributed by atoms with van der Waals surface area (Å²) in [6.45, 7) is 16.3. The van der Waals surface area contributed by atoms with E-state index in [1.807, 2.05) is 41.5 Å². The van der Waals surface area contributed by atoms with Crippen LogP contribution in [-0.2, 0) is 16.1 Å². The molecule has 34 heavy (non-hydrogen) atoms. The van der Waals surface area contributed by atoms with E-state index in [0.29, 0.717) is 46.6 Å². The van der Waals surface area contributed by atoms with Crippen molar-refractivity contribution in [1.29, 1.82) is 0 Å². The summed E-state index contributed by atoms with van der Waals surface area (Å²) in [5.74, 6) is 0.453. The van der Waals surface area contributed by atoms with Crippen LogP contribution in [0.5, 0.6) is 5.75 Å². The number of rotatable bonds is 6. The van der Waals surface area contributed by atoms with Crippen molar-refractivity contribution in [2.24, 2.45) is 10.3 Å². The number of ether oxygens (including phenoxy) is 2. The van der Waals surface area contributed by atoms with Gasteiger partial charge in [0, 0.05) is 30.6 Å². The molecule has 0 aromatic heterocycles. The van der Waals surface area contributed by atoms with Gasteiger partial charge >= 0.3 is 6.09 Å². The molecule has 2 atom stereocenters. The van der Waals surface area contributed by atoms with Gasteiger partial charge in [-0.15, -0.1) is 0 Å². The molecule has 1 fully saturated rings. The summed E-state index contributed by atoms with van der Waals surface area (Å²) in [6.07, 6.45) is 3.48. The van der Waals surface area contributed by atoms with E-state index in [9.17, 15) is 9.35 Å². The minimum atomic E-state index is -1.50. The number of halogens is 2. The predicted molar refractivity (Wildman–Crippen MR) is 142 cm³/mol. The Kier molecular flexibility index (Phi) is 10.2. The van der Waals surface area contributed by atoms with Gasteiger partial charge in [0.05, 0.1) is 10.0 Å². The molecule has 0 N–H and O–H groups in total. The second kappa shape index (κ2) is 12.0. The van der Waals surface area contributed by atoms with Crippen LogP contribution in [0.15, 0.2) is 29.2 Å². The first-order chi connectivity index (χ1) is 15.7. The fourth-order valence-corrected chi connectivity index (χ4v) is 4.46. The lowest BCUT2D eigenvalue weighted by atomic mass is 9.90. The molecular weight excluding hydrogens is 495 g/mol. The lowest BCUT2D eigenvalue weighted by molar-refractivity contribution is 0.0256. The predicted octanol–water partition coefficient (Wildman–Crippen LogP) is 6.85. The van der Waals surface area contributed by atoms with Gasteiger partial charge < -0.3 is 18.9 Å². The molecule has 1 aromatic carbocycles. The lowest BCUT2D eigenvalue weighted by Crippen LogP contribution is -2.37. The first-order valence-electron chi connectivity index (χ1n) is 11.4. The van der Waals surface area contributed by atoms with E-state index in [0.717, 1.165) is 12.8 Å². The van der Waals surface area contributed by atoms with Crippen LogP contribution in [0.2, 0.25) is 10.0 Å². The van der Waals surface area contributed by atoms with Crippen LogP contribution in [0.3, 0.4) is 0 Å². The molecule has 0 bridgehead atoms. The van der Waals surface area contributed by atoms with Crippen molar-refractivity contribution in [1.82, 2.24) is 4.90 Å². The van der Waals surface area contributed by atoms with Gasteiger partial charge in [-0.3, -0.25) is 0 Å². The van der Waals surface area contributed by atoms with E-state index < -0.39 is 21.7 Å². The van der Waals surface area contributed by atoms with Crippen molar-refractivity contribution in [3.05, 3.63) is 40.4 Å². The van der Waals surface area contributed by atoms with Gasteiger partial charge in [0.25, 0.3) is 0 Å². The smallest absolute Gasteiger partial charge is 0.410 e. The van der Waals surface area contributed by atoms with E-state index in [2.05, 4.69) is 6.58 Å². The zero-order chi connectivity index (χ0) is 25.7. The van der Waals surface area contributed by atoms with Gasteiger partial charge in [-0.1, -0.05) is 40.3 Å². The summed E-state index contributed by atoms with van der Waals surface area (Å²) in [5, 5.41) is 0.721. The van der Waals surface area contributed by atoms with Crippen LogP contribution in [0.25, 0.3) is 0 Å². The highest BCUT2D eigenvalue weighted by molar-refractivity contribution is 7.91. The van der Waals surface area contributed by atoms with Crippen LogP contribution in [0.1, 0.15) is 66.4 Å². The molecule has 0 spiro atoms. The van der Waals surface area contributed by atoms with Crippen molar-refractivity contribution in [2.45, 2.75) is 71.2 Å². The zero-order valence-corrected chi connectivity index (χ0v) is 23.3. The second-order valence-corrected chi connectivity index (χ2v) is 13.0. The van der Waals surface area contributed by atoms with E-state index in [4.69, 9.17) is 37.1 Å². The molecule has 0 radical (unpaired) electrons. The Morgan fingerprint density at radius 3 is 2.44 bits per heavy atom. The molecule has 6 nitrogen and oxygen atoms in total. The SMILES string of the molecule is C=CCOc1cc(Cl)c(Cl)cc1C(=N[S+]([O-])C(C)(C)C)C1CCCN(C(=O)OC(C)(C)C)CC1. The van der Waals surface area contributed by atoms with Crippen LogP contribution >= 0.6 is 23.2 Å². The van der Waals surface area contributed by atoms with Gasteiger partial charge in [0.1, 0.15) is 39.8 Å². The van der Waals surface area contributed by atoms with Crippen LogP contribution in [-0.4, -0.2) is 51.3 Å². The Bertz CT molecular complexity index is 909. The Morgan fingerprint density at radius 1 is 1.21 bits per heavy atom. The molecule has 2 unspecified atom stereocenters. The molecule has 1 heterocycles. The molecule has 1 aliphatic rings. The summed E-state index contributed by atoms with van der Waals surface area (Å²) in [4.78, 5) is 14.4. The molecule has 1 aliphatic heterocycles. The van der Waals surface area contributed by atoms with Crippen LogP contribution < -0.4 is 4.74 Å². The quantitative estimate of drug-likeness (QED) is 0.229. The number of nitrogens with zero attached hydrogens (tertiary/aromatic N) is 2. The summed E-state index contributed by atoms with van der Waals surface area (Å²) in [6, 6.07) is 3.37. The number of hydrogen-bond donors (Lipinski definition) is 0. The maximum atomic E-state index is 13.1. The molecule has 0 aliphatic carbocycles.